The molecule has 1 amide bonds. The predicted molar refractivity (Wildman–Crippen MR) is 95.6 cm³/mol. The topological polar surface area (TPSA) is 47.9 Å². The van der Waals surface area contributed by atoms with E-state index in [1.54, 1.807) is 0 Å². The number of nitrogens with zero attached hydrogens (tertiary/aromatic N) is 3. The predicted octanol–water partition coefficient (Wildman–Crippen LogP) is 2.48. The molecule has 2 heterocycles. The minimum absolute atomic E-state index is 0.208. The van der Waals surface area contributed by atoms with Crippen molar-refractivity contribution in [3.63, 3.8) is 0 Å². The summed E-state index contributed by atoms with van der Waals surface area (Å²) in [4.78, 5) is 21.1. The molecule has 23 heavy (non-hydrogen) atoms. The maximum Gasteiger partial charge on any atom is 0.241 e. The van der Waals surface area contributed by atoms with E-state index in [2.05, 4.69) is 29.1 Å². The van der Waals surface area contributed by atoms with Gasteiger partial charge in [0.05, 0.1) is 6.54 Å². The quantitative estimate of drug-likeness (QED) is 0.639. The number of piperidine rings is 2. The van der Waals surface area contributed by atoms with Crippen LogP contribution in [0.25, 0.3) is 0 Å². The van der Waals surface area contributed by atoms with Gasteiger partial charge < -0.3 is 15.1 Å². The average molecular weight is 322 g/mol. The summed E-state index contributed by atoms with van der Waals surface area (Å²) in [5.74, 6) is 1.09. The molecule has 0 spiro atoms. The molecule has 1 N–H and O–H groups in total. The van der Waals surface area contributed by atoms with E-state index in [9.17, 15) is 4.79 Å². The summed E-state index contributed by atoms with van der Waals surface area (Å²) in [5, 5.41) is 3.30. The van der Waals surface area contributed by atoms with Crippen molar-refractivity contribution in [2.24, 2.45) is 10.4 Å². The summed E-state index contributed by atoms with van der Waals surface area (Å²) < 4.78 is 0. The lowest BCUT2D eigenvalue weighted by Gasteiger charge is -2.42. The molecule has 2 aliphatic rings. The average Bonchev–Trinajstić information content (AvgIpc) is 2.56. The molecule has 2 rings (SSSR count). The molecule has 0 radical (unpaired) electrons. The van der Waals surface area contributed by atoms with Crippen molar-refractivity contribution in [2.75, 3.05) is 39.8 Å². The Balaban J connectivity index is 1.85. The molecule has 0 aromatic rings. The van der Waals surface area contributed by atoms with Gasteiger partial charge in [0.25, 0.3) is 0 Å². The highest BCUT2D eigenvalue weighted by Crippen LogP contribution is 2.33. The molecule has 0 bridgehead atoms. The van der Waals surface area contributed by atoms with Crippen molar-refractivity contribution in [3.05, 3.63) is 0 Å². The van der Waals surface area contributed by atoms with Crippen LogP contribution in [-0.4, -0.2) is 61.4 Å². The lowest BCUT2D eigenvalue weighted by molar-refractivity contribution is -0.130. The Kier molecular flexibility index (Phi) is 6.72. The number of carbonyl (C=O) groups excluding carboxylic acids is 1. The number of likely N-dealkylation sites (tertiary alicyclic amines) is 2. The van der Waals surface area contributed by atoms with E-state index >= 15 is 0 Å². The number of rotatable bonds is 4. The number of hydrogen-bond acceptors (Lipinski definition) is 2. The van der Waals surface area contributed by atoms with Crippen molar-refractivity contribution in [1.29, 1.82) is 0 Å². The zero-order chi connectivity index (χ0) is 16.7. The Bertz CT molecular complexity index is 413. The van der Waals surface area contributed by atoms with Gasteiger partial charge in [0.15, 0.2) is 5.96 Å². The number of aliphatic imine (C=N–C) groups is 1. The largest absolute Gasteiger partial charge is 0.347 e. The number of nitrogens with one attached hydrogen (secondary N) is 1. The fraction of sp³-hybridized carbons (Fsp3) is 0.889. The molecule has 2 fully saturated rings. The first-order valence-electron chi connectivity index (χ1n) is 9.31. The number of guanidine groups is 1. The van der Waals surface area contributed by atoms with E-state index < -0.39 is 0 Å². The van der Waals surface area contributed by atoms with Gasteiger partial charge in [-0.3, -0.25) is 9.79 Å². The van der Waals surface area contributed by atoms with Gasteiger partial charge in [0.1, 0.15) is 0 Å². The zero-order valence-corrected chi connectivity index (χ0v) is 15.2. The summed E-state index contributed by atoms with van der Waals surface area (Å²) in [6, 6.07) is 0. The molecule has 2 saturated heterocycles. The molecule has 1 unspecified atom stereocenters. The van der Waals surface area contributed by atoms with Crippen LogP contribution in [0.15, 0.2) is 4.99 Å². The Morgan fingerprint density at radius 1 is 1.13 bits per heavy atom. The van der Waals surface area contributed by atoms with Crippen molar-refractivity contribution in [3.8, 4) is 0 Å². The SMILES string of the molecule is CCCC1(C)CCCN(C(=NC)NCC(=O)N2CCCCC2)C1. The maximum absolute atomic E-state index is 12.3. The van der Waals surface area contributed by atoms with Crippen molar-refractivity contribution >= 4 is 11.9 Å². The van der Waals surface area contributed by atoms with Crippen LogP contribution in [0.1, 0.15) is 58.8 Å². The number of hydrogen-bond donors (Lipinski definition) is 1. The van der Waals surface area contributed by atoms with Crippen LogP contribution in [0.3, 0.4) is 0 Å². The Hall–Kier alpha value is -1.26. The molecule has 5 nitrogen and oxygen atoms in total. The standard InChI is InChI=1S/C18H34N4O/c1-4-9-18(2)10-8-13-22(15-18)17(19-3)20-14-16(23)21-11-6-5-7-12-21/h4-15H2,1-3H3,(H,19,20). The van der Waals surface area contributed by atoms with Crippen LogP contribution in [0.2, 0.25) is 0 Å². The highest BCUT2D eigenvalue weighted by molar-refractivity contribution is 5.86. The number of amides is 1. The van der Waals surface area contributed by atoms with Crippen LogP contribution >= 0.6 is 0 Å². The van der Waals surface area contributed by atoms with Crippen LogP contribution < -0.4 is 5.32 Å². The first kappa shape index (κ1) is 18.1. The smallest absolute Gasteiger partial charge is 0.241 e. The Labute approximate surface area is 141 Å². The minimum Gasteiger partial charge on any atom is -0.347 e. The molecule has 5 heteroatoms. The van der Waals surface area contributed by atoms with Gasteiger partial charge in [0.2, 0.25) is 5.91 Å². The first-order chi connectivity index (χ1) is 11.1. The van der Waals surface area contributed by atoms with Gasteiger partial charge >= 0.3 is 0 Å². The third kappa shape index (κ3) is 5.11. The van der Waals surface area contributed by atoms with Crippen molar-refractivity contribution in [1.82, 2.24) is 15.1 Å². The van der Waals surface area contributed by atoms with E-state index in [-0.39, 0.29) is 5.91 Å². The lowest BCUT2D eigenvalue weighted by Crippen LogP contribution is -2.52. The third-order valence-electron chi connectivity index (χ3n) is 5.25. The van der Waals surface area contributed by atoms with E-state index in [1.807, 2.05) is 11.9 Å². The second-order valence-corrected chi connectivity index (χ2v) is 7.43. The van der Waals surface area contributed by atoms with Gasteiger partial charge in [-0.2, -0.15) is 0 Å². The van der Waals surface area contributed by atoms with Gasteiger partial charge in [-0.15, -0.1) is 0 Å². The normalized spacial score (nSPS) is 26.3. The van der Waals surface area contributed by atoms with Crippen LogP contribution in [0.4, 0.5) is 0 Å². The van der Waals surface area contributed by atoms with E-state index in [0.717, 1.165) is 45.0 Å². The zero-order valence-electron chi connectivity index (χ0n) is 15.2. The van der Waals surface area contributed by atoms with Crippen molar-refractivity contribution in [2.45, 2.75) is 58.8 Å². The fourth-order valence-electron chi connectivity index (χ4n) is 4.05. The Morgan fingerprint density at radius 2 is 1.83 bits per heavy atom. The Morgan fingerprint density at radius 3 is 2.48 bits per heavy atom. The molecule has 132 valence electrons. The second-order valence-electron chi connectivity index (χ2n) is 7.43. The summed E-state index contributed by atoms with van der Waals surface area (Å²) >= 11 is 0. The maximum atomic E-state index is 12.3. The molecule has 1 atom stereocenters. The summed E-state index contributed by atoms with van der Waals surface area (Å²) in [6.45, 7) is 8.92. The molecule has 0 aromatic carbocycles. The van der Waals surface area contributed by atoms with Crippen LogP contribution in [0, 0.1) is 5.41 Å². The van der Waals surface area contributed by atoms with E-state index in [0.29, 0.717) is 12.0 Å². The fourth-order valence-corrected chi connectivity index (χ4v) is 4.05. The highest BCUT2D eigenvalue weighted by atomic mass is 16.2. The number of carbonyl (C=O) groups is 1. The molecular formula is C18H34N4O. The molecule has 0 aliphatic carbocycles. The molecular weight excluding hydrogens is 288 g/mol. The van der Waals surface area contributed by atoms with Crippen LogP contribution in [0.5, 0.6) is 0 Å². The van der Waals surface area contributed by atoms with Gasteiger partial charge in [0, 0.05) is 33.2 Å². The first-order valence-corrected chi connectivity index (χ1v) is 9.31. The molecule has 2 aliphatic heterocycles. The van der Waals surface area contributed by atoms with Gasteiger partial charge in [-0.1, -0.05) is 20.3 Å². The second kappa shape index (κ2) is 8.55. The third-order valence-corrected chi connectivity index (χ3v) is 5.25. The summed E-state index contributed by atoms with van der Waals surface area (Å²) in [6.07, 6.45) is 8.52. The van der Waals surface area contributed by atoms with Crippen LogP contribution in [-0.2, 0) is 4.79 Å². The monoisotopic (exact) mass is 322 g/mol. The summed E-state index contributed by atoms with van der Waals surface area (Å²) in [5.41, 5.74) is 0.376. The van der Waals surface area contributed by atoms with E-state index in [1.165, 1.54) is 32.1 Å². The van der Waals surface area contributed by atoms with E-state index in [4.69, 9.17) is 0 Å². The lowest BCUT2D eigenvalue weighted by atomic mass is 9.78. The van der Waals surface area contributed by atoms with Gasteiger partial charge in [-0.05, 0) is 43.9 Å². The molecule has 0 saturated carbocycles. The van der Waals surface area contributed by atoms with Gasteiger partial charge in [-0.25, -0.2) is 0 Å². The summed E-state index contributed by atoms with van der Waals surface area (Å²) in [7, 11) is 1.82. The molecule has 0 aromatic heterocycles. The highest BCUT2D eigenvalue weighted by Gasteiger charge is 2.31. The minimum atomic E-state index is 0.208. The van der Waals surface area contributed by atoms with Crippen molar-refractivity contribution < 1.29 is 4.79 Å².